The largest absolute Gasteiger partial charge is 0.460 e. The van der Waals surface area contributed by atoms with E-state index in [2.05, 4.69) is 21.2 Å². The van der Waals surface area contributed by atoms with Gasteiger partial charge in [0.2, 0.25) is 0 Å². The van der Waals surface area contributed by atoms with Gasteiger partial charge in [0.05, 0.1) is 0 Å². The fraction of sp³-hybridized carbons (Fsp3) is 0.125. The Kier molecular flexibility index (Phi) is 5.98. The van der Waals surface area contributed by atoms with Crippen LogP contribution in [0.15, 0.2) is 53.0 Å². The highest BCUT2D eigenvalue weighted by Gasteiger charge is 2.09. The SMILES string of the molecule is O=C(CNC(=O)c1ccc(Cl)cc1)OCc1ccc(Br)cc1. The van der Waals surface area contributed by atoms with E-state index < -0.39 is 5.97 Å². The molecule has 1 N–H and O–H groups in total. The first-order valence-corrected chi connectivity index (χ1v) is 7.65. The standard InChI is InChI=1S/C16H13BrClNO3/c17-13-5-1-11(2-6-13)10-22-15(20)9-19-16(21)12-3-7-14(18)8-4-12/h1-8H,9-10H2,(H,19,21). The van der Waals surface area contributed by atoms with Gasteiger partial charge in [-0.1, -0.05) is 39.7 Å². The van der Waals surface area contributed by atoms with Crippen molar-refractivity contribution < 1.29 is 14.3 Å². The smallest absolute Gasteiger partial charge is 0.325 e. The Morgan fingerprint density at radius 3 is 2.32 bits per heavy atom. The number of benzene rings is 2. The second-order valence-electron chi connectivity index (χ2n) is 4.48. The van der Waals surface area contributed by atoms with E-state index in [9.17, 15) is 9.59 Å². The van der Waals surface area contributed by atoms with E-state index in [-0.39, 0.29) is 19.1 Å². The van der Waals surface area contributed by atoms with Crippen molar-refractivity contribution in [3.05, 3.63) is 69.2 Å². The second kappa shape index (κ2) is 7.96. The summed E-state index contributed by atoms with van der Waals surface area (Å²) in [5.74, 6) is -0.845. The van der Waals surface area contributed by atoms with Crippen LogP contribution in [0.5, 0.6) is 0 Å². The van der Waals surface area contributed by atoms with E-state index in [1.165, 1.54) is 0 Å². The van der Waals surface area contributed by atoms with Crippen molar-refractivity contribution >= 4 is 39.4 Å². The van der Waals surface area contributed by atoms with Gasteiger partial charge in [-0.2, -0.15) is 0 Å². The van der Waals surface area contributed by atoms with Crippen LogP contribution in [0.2, 0.25) is 5.02 Å². The molecule has 0 aromatic heterocycles. The molecule has 4 nitrogen and oxygen atoms in total. The number of rotatable bonds is 5. The molecule has 0 aliphatic rings. The molecule has 0 unspecified atom stereocenters. The summed E-state index contributed by atoms with van der Waals surface area (Å²) in [6, 6.07) is 13.8. The number of hydrogen-bond acceptors (Lipinski definition) is 3. The molecule has 1 amide bonds. The van der Waals surface area contributed by atoms with Gasteiger partial charge in [-0.25, -0.2) is 0 Å². The molecule has 0 spiro atoms. The third-order valence-electron chi connectivity index (χ3n) is 2.81. The minimum atomic E-state index is -0.495. The summed E-state index contributed by atoms with van der Waals surface area (Å²) in [7, 11) is 0. The van der Waals surface area contributed by atoms with Gasteiger partial charge in [0.15, 0.2) is 0 Å². The molecule has 22 heavy (non-hydrogen) atoms. The average Bonchev–Trinajstić information content (AvgIpc) is 2.52. The van der Waals surface area contributed by atoms with Crippen LogP contribution < -0.4 is 5.32 Å². The monoisotopic (exact) mass is 381 g/mol. The Bertz CT molecular complexity index is 656. The van der Waals surface area contributed by atoms with Gasteiger partial charge in [0.1, 0.15) is 13.2 Å². The average molecular weight is 383 g/mol. The lowest BCUT2D eigenvalue weighted by Gasteiger charge is -2.07. The summed E-state index contributed by atoms with van der Waals surface area (Å²) in [5.41, 5.74) is 1.31. The summed E-state index contributed by atoms with van der Waals surface area (Å²) < 4.78 is 6.04. The lowest BCUT2D eigenvalue weighted by Crippen LogP contribution is -2.30. The maximum Gasteiger partial charge on any atom is 0.325 e. The van der Waals surface area contributed by atoms with Crippen molar-refractivity contribution in [3.63, 3.8) is 0 Å². The molecule has 0 saturated carbocycles. The molecule has 0 bridgehead atoms. The van der Waals surface area contributed by atoms with Crippen molar-refractivity contribution in [2.75, 3.05) is 6.54 Å². The molecule has 0 atom stereocenters. The van der Waals surface area contributed by atoms with Crippen molar-refractivity contribution in [2.45, 2.75) is 6.61 Å². The molecule has 0 radical (unpaired) electrons. The second-order valence-corrected chi connectivity index (χ2v) is 5.83. The topological polar surface area (TPSA) is 55.4 Å². The lowest BCUT2D eigenvalue weighted by molar-refractivity contribution is -0.143. The molecular formula is C16H13BrClNO3. The van der Waals surface area contributed by atoms with Gasteiger partial charge < -0.3 is 10.1 Å². The highest BCUT2D eigenvalue weighted by atomic mass is 79.9. The highest BCUT2D eigenvalue weighted by molar-refractivity contribution is 9.10. The molecule has 6 heteroatoms. The van der Waals surface area contributed by atoms with Crippen LogP contribution in [0.4, 0.5) is 0 Å². The quantitative estimate of drug-likeness (QED) is 0.804. The minimum Gasteiger partial charge on any atom is -0.460 e. The van der Waals surface area contributed by atoms with Crippen molar-refractivity contribution in [1.82, 2.24) is 5.32 Å². The fourth-order valence-corrected chi connectivity index (χ4v) is 2.04. The van der Waals surface area contributed by atoms with Crippen LogP contribution in [0.1, 0.15) is 15.9 Å². The first-order chi connectivity index (χ1) is 10.5. The van der Waals surface area contributed by atoms with E-state index in [4.69, 9.17) is 16.3 Å². The van der Waals surface area contributed by atoms with Gasteiger partial charge in [0, 0.05) is 15.1 Å². The number of amides is 1. The van der Waals surface area contributed by atoms with Gasteiger partial charge in [-0.05, 0) is 42.0 Å². The third-order valence-corrected chi connectivity index (χ3v) is 3.59. The van der Waals surface area contributed by atoms with E-state index in [1.807, 2.05) is 24.3 Å². The first-order valence-electron chi connectivity index (χ1n) is 6.48. The van der Waals surface area contributed by atoms with Crippen LogP contribution in [-0.4, -0.2) is 18.4 Å². The number of esters is 1. The maximum absolute atomic E-state index is 11.8. The molecule has 2 aromatic carbocycles. The molecule has 2 rings (SSSR count). The van der Waals surface area contributed by atoms with Crippen molar-refractivity contribution in [2.24, 2.45) is 0 Å². The van der Waals surface area contributed by atoms with Crippen LogP contribution in [-0.2, 0) is 16.1 Å². The number of nitrogens with one attached hydrogen (secondary N) is 1. The number of ether oxygens (including phenoxy) is 1. The van der Waals surface area contributed by atoms with Crippen LogP contribution in [0.25, 0.3) is 0 Å². The summed E-state index contributed by atoms with van der Waals surface area (Å²) in [5, 5.41) is 3.05. The van der Waals surface area contributed by atoms with E-state index >= 15 is 0 Å². The van der Waals surface area contributed by atoms with Crippen LogP contribution >= 0.6 is 27.5 Å². The predicted octanol–water partition coefficient (Wildman–Crippen LogP) is 3.58. The first kappa shape index (κ1) is 16.5. The zero-order valence-electron chi connectivity index (χ0n) is 11.5. The molecule has 0 aliphatic carbocycles. The zero-order chi connectivity index (χ0) is 15.9. The summed E-state index contributed by atoms with van der Waals surface area (Å²) in [6.45, 7) is -0.0130. The number of carbonyl (C=O) groups excluding carboxylic acids is 2. The molecule has 0 aliphatic heterocycles. The number of carbonyl (C=O) groups is 2. The Labute approximate surface area is 141 Å². The van der Waals surface area contributed by atoms with E-state index in [1.54, 1.807) is 24.3 Å². The summed E-state index contributed by atoms with van der Waals surface area (Å²) >= 11 is 9.07. The minimum absolute atomic E-state index is 0.170. The Morgan fingerprint density at radius 2 is 1.68 bits per heavy atom. The molecule has 114 valence electrons. The molecule has 0 saturated heterocycles. The normalized spacial score (nSPS) is 10.1. The molecular weight excluding hydrogens is 370 g/mol. The Morgan fingerprint density at radius 1 is 1.05 bits per heavy atom. The molecule has 2 aromatic rings. The highest BCUT2D eigenvalue weighted by Crippen LogP contribution is 2.11. The van der Waals surface area contributed by atoms with E-state index in [0.717, 1.165) is 10.0 Å². The third kappa shape index (κ3) is 5.16. The van der Waals surface area contributed by atoms with Gasteiger partial charge >= 0.3 is 5.97 Å². The lowest BCUT2D eigenvalue weighted by atomic mass is 10.2. The summed E-state index contributed by atoms with van der Waals surface area (Å²) in [4.78, 5) is 23.4. The molecule has 0 heterocycles. The summed E-state index contributed by atoms with van der Waals surface area (Å²) in [6.07, 6.45) is 0. The van der Waals surface area contributed by atoms with Crippen molar-refractivity contribution in [1.29, 1.82) is 0 Å². The predicted molar refractivity (Wildman–Crippen MR) is 87.7 cm³/mol. The fourth-order valence-electron chi connectivity index (χ4n) is 1.65. The Balaban J connectivity index is 1.76. The maximum atomic E-state index is 11.8. The molecule has 0 fully saturated rings. The van der Waals surface area contributed by atoms with E-state index in [0.29, 0.717) is 10.6 Å². The van der Waals surface area contributed by atoms with Gasteiger partial charge in [0.25, 0.3) is 5.91 Å². The van der Waals surface area contributed by atoms with Gasteiger partial charge in [-0.3, -0.25) is 9.59 Å². The number of hydrogen-bond donors (Lipinski definition) is 1. The van der Waals surface area contributed by atoms with Gasteiger partial charge in [-0.15, -0.1) is 0 Å². The Hall–Kier alpha value is -1.85. The van der Waals surface area contributed by atoms with Crippen molar-refractivity contribution in [3.8, 4) is 0 Å². The number of halogens is 2. The van der Waals surface area contributed by atoms with Crippen LogP contribution in [0.3, 0.4) is 0 Å². The zero-order valence-corrected chi connectivity index (χ0v) is 13.9. The van der Waals surface area contributed by atoms with Crippen LogP contribution in [0, 0.1) is 0 Å².